The number of hydrogen-bond acceptors (Lipinski definition) is 2. The first kappa shape index (κ1) is 22.0. The number of carbonyl (C=O) groups is 1. The van der Waals surface area contributed by atoms with Crippen molar-refractivity contribution >= 4 is 28.5 Å². The molecule has 2 N–H and O–H groups in total. The van der Waals surface area contributed by atoms with Crippen LogP contribution in [0.2, 0.25) is 0 Å². The highest BCUT2D eigenvalue weighted by Gasteiger charge is 2.37. The minimum Gasteiger partial charge on any atom is -0.478 e. The maximum atomic E-state index is 14.3. The Balaban J connectivity index is 1.88. The molecule has 0 saturated heterocycles. The van der Waals surface area contributed by atoms with Crippen LogP contribution in [0.5, 0.6) is 0 Å². The third kappa shape index (κ3) is 4.67. The van der Waals surface area contributed by atoms with E-state index < -0.39 is 11.9 Å². The van der Waals surface area contributed by atoms with Crippen molar-refractivity contribution in [2.24, 2.45) is 10.8 Å². The Labute approximate surface area is 187 Å². The molecule has 0 amide bonds. The number of aromatic nitrogens is 2. The molecule has 0 atom stereocenters. The van der Waals surface area contributed by atoms with E-state index in [-0.39, 0.29) is 10.8 Å². The lowest BCUT2D eigenvalue weighted by molar-refractivity contribution is -0.131. The molecule has 0 aliphatic heterocycles. The van der Waals surface area contributed by atoms with Gasteiger partial charge in [-0.1, -0.05) is 63.6 Å². The summed E-state index contributed by atoms with van der Waals surface area (Å²) in [5, 5.41) is 15.8. The highest BCUT2D eigenvalue weighted by Crippen LogP contribution is 2.51. The smallest absolute Gasteiger partial charge is 0.328 e. The molecule has 4 nitrogen and oxygen atoms in total. The van der Waals surface area contributed by atoms with Crippen LogP contribution in [0.4, 0.5) is 4.39 Å². The molecule has 32 heavy (non-hydrogen) atoms. The van der Waals surface area contributed by atoms with E-state index in [1.54, 1.807) is 6.08 Å². The number of aromatic amines is 1. The van der Waals surface area contributed by atoms with Gasteiger partial charge in [0.2, 0.25) is 5.95 Å². The fourth-order valence-electron chi connectivity index (χ4n) is 5.45. The molecule has 1 aliphatic carbocycles. The Kier molecular flexibility index (Phi) is 5.53. The molecule has 4 rings (SSSR count). The zero-order valence-electron chi connectivity index (χ0n) is 19.0. The first-order chi connectivity index (χ1) is 15.0. The minimum atomic E-state index is -0.973. The lowest BCUT2D eigenvalue weighted by Gasteiger charge is -2.43. The SMILES string of the molecule is CC1(C)CC(=C(c2ccc(/C=C/C(=O)O)cc2)c2ccc3n[nH]c(F)c3c2)CC(C)(C)C1. The average molecular weight is 433 g/mol. The number of carboxylic acids is 1. The van der Waals surface area contributed by atoms with Crippen molar-refractivity contribution in [2.75, 3.05) is 0 Å². The summed E-state index contributed by atoms with van der Waals surface area (Å²) >= 11 is 0. The lowest BCUT2D eigenvalue weighted by Crippen LogP contribution is -2.30. The quantitative estimate of drug-likeness (QED) is 0.444. The number of hydrogen-bond donors (Lipinski definition) is 2. The number of benzene rings is 2. The van der Waals surface area contributed by atoms with Gasteiger partial charge in [0.25, 0.3) is 0 Å². The van der Waals surface area contributed by atoms with Crippen LogP contribution in [0.25, 0.3) is 22.6 Å². The number of allylic oxidation sites excluding steroid dienone is 1. The largest absolute Gasteiger partial charge is 0.478 e. The molecule has 166 valence electrons. The van der Waals surface area contributed by atoms with Gasteiger partial charge >= 0.3 is 5.97 Å². The van der Waals surface area contributed by atoms with Gasteiger partial charge in [0, 0.05) is 6.08 Å². The summed E-state index contributed by atoms with van der Waals surface area (Å²) in [5.74, 6) is -1.40. The highest BCUT2D eigenvalue weighted by atomic mass is 19.1. The van der Waals surface area contributed by atoms with Gasteiger partial charge in [0.1, 0.15) is 0 Å². The van der Waals surface area contributed by atoms with Crippen LogP contribution in [0.15, 0.2) is 54.1 Å². The molecular formula is C27H29FN2O2. The number of carboxylic acid groups (broad SMARTS) is 1. The van der Waals surface area contributed by atoms with Gasteiger partial charge in [-0.3, -0.25) is 5.10 Å². The Morgan fingerprint density at radius 3 is 2.28 bits per heavy atom. The van der Waals surface area contributed by atoms with Crippen LogP contribution >= 0.6 is 0 Å². The highest BCUT2D eigenvalue weighted by molar-refractivity contribution is 5.89. The van der Waals surface area contributed by atoms with Gasteiger partial charge < -0.3 is 5.11 Å². The molecule has 0 radical (unpaired) electrons. The van der Waals surface area contributed by atoms with Gasteiger partial charge in [-0.2, -0.15) is 9.49 Å². The first-order valence-electron chi connectivity index (χ1n) is 10.9. The number of nitrogens with one attached hydrogen (secondary N) is 1. The molecule has 1 aromatic heterocycles. The molecule has 2 aromatic carbocycles. The van der Waals surface area contributed by atoms with Crippen molar-refractivity contribution in [3.8, 4) is 0 Å². The van der Waals surface area contributed by atoms with Gasteiger partial charge in [0.15, 0.2) is 0 Å². The second-order valence-corrected chi connectivity index (χ2v) is 10.4. The van der Waals surface area contributed by atoms with Gasteiger partial charge in [0.05, 0.1) is 10.9 Å². The average Bonchev–Trinajstić information content (AvgIpc) is 3.06. The summed E-state index contributed by atoms with van der Waals surface area (Å²) in [7, 11) is 0. The second-order valence-electron chi connectivity index (χ2n) is 10.4. The number of halogens is 1. The van der Waals surface area contributed by atoms with Crippen molar-refractivity contribution < 1.29 is 14.3 Å². The second kappa shape index (κ2) is 8.05. The molecule has 1 aliphatic rings. The molecule has 3 aromatic rings. The van der Waals surface area contributed by atoms with E-state index in [1.165, 1.54) is 5.57 Å². The summed E-state index contributed by atoms with van der Waals surface area (Å²) < 4.78 is 14.3. The summed E-state index contributed by atoms with van der Waals surface area (Å²) in [6.07, 6.45) is 5.80. The van der Waals surface area contributed by atoms with Crippen molar-refractivity contribution in [3.05, 3.63) is 76.8 Å². The van der Waals surface area contributed by atoms with E-state index in [0.717, 1.165) is 47.6 Å². The molecule has 1 heterocycles. The van der Waals surface area contributed by atoms with E-state index in [1.807, 2.05) is 42.5 Å². The molecule has 1 saturated carbocycles. The molecular weight excluding hydrogens is 403 g/mol. The van der Waals surface area contributed by atoms with Crippen LogP contribution in [0.3, 0.4) is 0 Å². The topological polar surface area (TPSA) is 66.0 Å². The van der Waals surface area contributed by atoms with Crippen LogP contribution in [-0.2, 0) is 4.79 Å². The van der Waals surface area contributed by atoms with Crippen molar-refractivity contribution in [2.45, 2.75) is 47.0 Å². The third-order valence-electron chi connectivity index (χ3n) is 6.11. The monoisotopic (exact) mass is 432 g/mol. The maximum Gasteiger partial charge on any atom is 0.328 e. The van der Waals surface area contributed by atoms with Crippen LogP contribution in [0.1, 0.15) is 63.6 Å². The van der Waals surface area contributed by atoms with E-state index in [4.69, 9.17) is 5.11 Å². The van der Waals surface area contributed by atoms with E-state index in [2.05, 4.69) is 37.9 Å². The molecule has 1 fully saturated rings. The zero-order chi connectivity index (χ0) is 23.1. The number of rotatable bonds is 4. The summed E-state index contributed by atoms with van der Waals surface area (Å²) in [6, 6.07) is 13.6. The molecule has 0 unspecified atom stereocenters. The predicted molar refractivity (Wildman–Crippen MR) is 127 cm³/mol. The van der Waals surface area contributed by atoms with Crippen LogP contribution in [-0.4, -0.2) is 21.3 Å². The zero-order valence-corrected chi connectivity index (χ0v) is 19.0. The first-order valence-corrected chi connectivity index (χ1v) is 10.9. The Hall–Kier alpha value is -3.21. The number of aliphatic carboxylic acids is 1. The Bertz CT molecular complexity index is 1210. The van der Waals surface area contributed by atoms with Gasteiger partial charge in [-0.15, -0.1) is 0 Å². The molecule has 5 heteroatoms. The lowest BCUT2D eigenvalue weighted by atomic mass is 9.62. The number of fused-ring (bicyclic) bond motifs is 1. The van der Waals surface area contributed by atoms with Crippen LogP contribution < -0.4 is 0 Å². The van der Waals surface area contributed by atoms with Crippen molar-refractivity contribution in [1.29, 1.82) is 0 Å². The summed E-state index contributed by atoms with van der Waals surface area (Å²) in [5.41, 5.74) is 6.26. The standard InChI is InChI=1S/C27H29FN2O2/c1-26(2)14-20(15-27(3,4)16-26)24(18-8-5-17(6-9-18)7-12-23(31)32)19-10-11-22-21(13-19)25(28)30-29-22/h5-13H,14-16H2,1-4H3,(H,29,30)(H,31,32)/b12-7+. The predicted octanol–water partition coefficient (Wildman–Crippen LogP) is 6.84. The van der Waals surface area contributed by atoms with Crippen molar-refractivity contribution in [1.82, 2.24) is 10.2 Å². The van der Waals surface area contributed by atoms with Gasteiger partial charge in [-0.25, -0.2) is 4.79 Å². The van der Waals surface area contributed by atoms with E-state index in [9.17, 15) is 9.18 Å². The van der Waals surface area contributed by atoms with E-state index in [0.29, 0.717) is 10.9 Å². The van der Waals surface area contributed by atoms with Crippen LogP contribution in [0, 0.1) is 16.8 Å². The summed E-state index contributed by atoms with van der Waals surface area (Å²) in [6.45, 7) is 9.24. The maximum absolute atomic E-state index is 14.3. The number of nitrogens with zero attached hydrogens (tertiary/aromatic N) is 1. The minimum absolute atomic E-state index is 0.164. The Morgan fingerprint density at radius 1 is 1.03 bits per heavy atom. The fourth-order valence-corrected chi connectivity index (χ4v) is 5.45. The molecule has 0 bridgehead atoms. The van der Waals surface area contributed by atoms with Crippen molar-refractivity contribution in [3.63, 3.8) is 0 Å². The number of H-pyrrole nitrogens is 1. The molecule has 0 spiro atoms. The summed E-state index contributed by atoms with van der Waals surface area (Å²) in [4.78, 5) is 10.8. The fraction of sp³-hybridized carbons (Fsp3) is 0.333. The Morgan fingerprint density at radius 2 is 1.66 bits per heavy atom. The third-order valence-corrected chi connectivity index (χ3v) is 6.11. The van der Waals surface area contributed by atoms with E-state index >= 15 is 0 Å². The normalized spacial score (nSPS) is 17.7. The van der Waals surface area contributed by atoms with Gasteiger partial charge in [-0.05, 0) is 70.6 Å².